The fraction of sp³-hybridized carbons (Fsp3) is 0.889. The summed E-state index contributed by atoms with van der Waals surface area (Å²) in [6.45, 7) is 2.00. The van der Waals surface area contributed by atoms with E-state index in [4.69, 9.17) is 0 Å². The van der Waals surface area contributed by atoms with Crippen molar-refractivity contribution in [1.29, 1.82) is 0 Å². The van der Waals surface area contributed by atoms with Crippen LogP contribution in [0.5, 0.6) is 0 Å². The van der Waals surface area contributed by atoms with E-state index in [1.54, 1.807) is 0 Å². The van der Waals surface area contributed by atoms with Crippen LogP contribution < -0.4 is 5.32 Å². The molecule has 1 aliphatic heterocycles. The lowest BCUT2D eigenvalue weighted by atomic mass is 9.95. The number of carbonyl (C=O) groups is 1. The van der Waals surface area contributed by atoms with E-state index >= 15 is 0 Å². The quantitative estimate of drug-likeness (QED) is 0.624. The zero-order chi connectivity index (χ0) is 8.60. The summed E-state index contributed by atoms with van der Waals surface area (Å²) >= 11 is 1.84. The number of hydrogen-bond donors (Lipinski definition) is 1. The molecule has 0 bridgehead atoms. The van der Waals surface area contributed by atoms with Gasteiger partial charge in [-0.25, -0.2) is 0 Å². The van der Waals surface area contributed by atoms with Crippen molar-refractivity contribution in [2.75, 3.05) is 0 Å². The lowest BCUT2D eigenvalue weighted by molar-refractivity contribution is -0.120. The molecule has 2 rings (SSSR count). The molecule has 1 aliphatic carbocycles. The highest BCUT2D eigenvalue weighted by molar-refractivity contribution is 8.02. The summed E-state index contributed by atoms with van der Waals surface area (Å²) in [5, 5.41) is 3.31. The van der Waals surface area contributed by atoms with Gasteiger partial charge < -0.3 is 5.32 Å². The molecule has 3 heteroatoms. The molecule has 1 saturated carbocycles. The van der Waals surface area contributed by atoms with Crippen molar-refractivity contribution >= 4 is 17.7 Å². The Morgan fingerprint density at radius 3 is 2.58 bits per heavy atom. The largest absolute Gasteiger partial charge is 0.341 e. The number of nitrogens with one attached hydrogen (secondary N) is 1. The molecule has 1 heterocycles. The second-order valence-electron chi connectivity index (χ2n) is 3.80. The Bertz CT molecular complexity index is 199. The van der Waals surface area contributed by atoms with Gasteiger partial charge in [-0.3, -0.25) is 4.79 Å². The molecule has 0 aromatic carbocycles. The van der Waals surface area contributed by atoms with Crippen LogP contribution in [0.1, 0.15) is 39.0 Å². The lowest BCUT2D eigenvalue weighted by Gasteiger charge is -2.32. The Balaban J connectivity index is 2.07. The van der Waals surface area contributed by atoms with Gasteiger partial charge in [0.1, 0.15) is 0 Å². The van der Waals surface area contributed by atoms with Crippen LogP contribution >= 0.6 is 11.8 Å². The number of rotatable bonds is 0. The van der Waals surface area contributed by atoms with Crippen LogP contribution in [0, 0.1) is 0 Å². The fourth-order valence-electron chi connectivity index (χ4n) is 2.11. The lowest BCUT2D eigenvalue weighted by Crippen LogP contribution is -2.41. The summed E-state index contributed by atoms with van der Waals surface area (Å²) in [7, 11) is 0. The molecule has 1 amide bonds. The van der Waals surface area contributed by atoms with E-state index < -0.39 is 0 Å². The summed E-state index contributed by atoms with van der Waals surface area (Å²) in [6, 6.07) is 0. The molecule has 1 N–H and O–H groups in total. The van der Waals surface area contributed by atoms with Crippen LogP contribution in [0.25, 0.3) is 0 Å². The highest BCUT2D eigenvalue weighted by Gasteiger charge is 2.43. The van der Waals surface area contributed by atoms with E-state index in [1.165, 1.54) is 32.1 Å². The first-order valence-electron chi connectivity index (χ1n) is 4.72. The van der Waals surface area contributed by atoms with Gasteiger partial charge in [0.15, 0.2) is 0 Å². The fourth-order valence-corrected chi connectivity index (χ4v) is 3.64. The van der Waals surface area contributed by atoms with Crippen molar-refractivity contribution in [3.8, 4) is 0 Å². The maximum atomic E-state index is 11.3. The van der Waals surface area contributed by atoms with Crippen LogP contribution in [0.3, 0.4) is 0 Å². The molecule has 1 spiro atoms. The van der Waals surface area contributed by atoms with Gasteiger partial charge >= 0.3 is 0 Å². The predicted octanol–water partition coefficient (Wildman–Crippen LogP) is 1.90. The van der Waals surface area contributed by atoms with E-state index in [-0.39, 0.29) is 16.0 Å². The topological polar surface area (TPSA) is 29.1 Å². The van der Waals surface area contributed by atoms with Gasteiger partial charge in [0.05, 0.1) is 10.1 Å². The summed E-state index contributed by atoms with van der Waals surface area (Å²) in [5.41, 5.74) is 0. The van der Waals surface area contributed by atoms with Crippen LogP contribution in [-0.4, -0.2) is 16.0 Å². The number of amides is 1. The smallest absolute Gasteiger partial charge is 0.234 e. The Kier molecular flexibility index (Phi) is 2.07. The zero-order valence-corrected chi connectivity index (χ0v) is 8.25. The van der Waals surface area contributed by atoms with Gasteiger partial charge in [-0.1, -0.05) is 19.3 Å². The van der Waals surface area contributed by atoms with Crippen molar-refractivity contribution in [2.45, 2.75) is 49.1 Å². The average molecular weight is 185 g/mol. The first-order valence-corrected chi connectivity index (χ1v) is 5.60. The first-order chi connectivity index (χ1) is 5.72. The third kappa shape index (κ3) is 1.35. The van der Waals surface area contributed by atoms with Gasteiger partial charge in [0.2, 0.25) is 5.91 Å². The van der Waals surface area contributed by atoms with Gasteiger partial charge in [0, 0.05) is 0 Å². The number of hydrogen-bond acceptors (Lipinski definition) is 2. The van der Waals surface area contributed by atoms with Crippen molar-refractivity contribution in [1.82, 2.24) is 5.32 Å². The maximum Gasteiger partial charge on any atom is 0.234 e. The molecular formula is C9H15NOS. The van der Waals surface area contributed by atoms with E-state index in [1.807, 2.05) is 18.7 Å². The summed E-state index contributed by atoms with van der Waals surface area (Å²) in [4.78, 5) is 11.4. The zero-order valence-electron chi connectivity index (χ0n) is 7.43. The Labute approximate surface area is 77.5 Å². The third-order valence-corrected chi connectivity index (χ3v) is 4.31. The minimum absolute atomic E-state index is 0.134. The van der Waals surface area contributed by atoms with Crippen molar-refractivity contribution < 1.29 is 4.79 Å². The average Bonchev–Trinajstić information content (AvgIpc) is 2.29. The number of carbonyl (C=O) groups excluding carboxylic acids is 1. The normalized spacial score (nSPS) is 33.8. The van der Waals surface area contributed by atoms with Crippen LogP contribution in [0.15, 0.2) is 0 Å². The first kappa shape index (κ1) is 8.42. The standard InChI is InChI=1S/C9H15NOS/c1-7-8(11)10-9(12-7)5-3-2-4-6-9/h7H,2-6H2,1H3,(H,10,11)/t7-/m1/s1. The van der Waals surface area contributed by atoms with E-state index in [2.05, 4.69) is 5.32 Å². The molecular weight excluding hydrogens is 170 g/mol. The number of thioether (sulfide) groups is 1. The minimum Gasteiger partial charge on any atom is -0.341 e. The van der Waals surface area contributed by atoms with Crippen LogP contribution in [-0.2, 0) is 4.79 Å². The van der Waals surface area contributed by atoms with Crippen molar-refractivity contribution in [3.05, 3.63) is 0 Å². The molecule has 1 saturated heterocycles. The molecule has 1 atom stereocenters. The molecule has 0 aromatic heterocycles. The van der Waals surface area contributed by atoms with Gasteiger partial charge in [-0.15, -0.1) is 11.8 Å². The second kappa shape index (κ2) is 2.95. The van der Waals surface area contributed by atoms with Gasteiger partial charge in [-0.2, -0.15) is 0 Å². The van der Waals surface area contributed by atoms with E-state index in [0.29, 0.717) is 0 Å². The molecule has 2 nitrogen and oxygen atoms in total. The van der Waals surface area contributed by atoms with Crippen molar-refractivity contribution in [2.24, 2.45) is 0 Å². The van der Waals surface area contributed by atoms with Crippen molar-refractivity contribution in [3.63, 3.8) is 0 Å². The monoisotopic (exact) mass is 185 g/mol. The van der Waals surface area contributed by atoms with Crippen LogP contribution in [0.4, 0.5) is 0 Å². The molecule has 2 fully saturated rings. The second-order valence-corrected chi connectivity index (χ2v) is 5.53. The Morgan fingerprint density at radius 1 is 1.42 bits per heavy atom. The van der Waals surface area contributed by atoms with Crippen LogP contribution in [0.2, 0.25) is 0 Å². The minimum atomic E-state index is 0.134. The highest BCUT2D eigenvalue weighted by Crippen LogP contribution is 2.43. The molecule has 2 aliphatic rings. The maximum absolute atomic E-state index is 11.3. The molecule has 0 aromatic rings. The van der Waals surface area contributed by atoms with E-state index in [9.17, 15) is 4.79 Å². The highest BCUT2D eigenvalue weighted by atomic mass is 32.2. The summed E-state index contributed by atoms with van der Waals surface area (Å²) in [5.74, 6) is 0.238. The Morgan fingerprint density at radius 2 is 2.08 bits per heavy atom. The summed E-state index contributed by atoms with van der Waals surface area (Å²) in [6.07, 6.45) is 6.24. The summed E-state index contributed by atoms with van der Waals surface area (Å²) < 4.78 is 0. The SMILES string of the molecule is C[C@H]1SC2(CCCCC2)NC1=O. The van der Waals surface area contributed by atoms with E-state index in [0.717, 1.165) is 0 Å². The van der Waals surface area contributed by atoms with Gasteiger partial charge in [0.25, 0.3) is 0 Å². The Hall–Kier alpha value is -0.180. The molecule has 68 valence electrons. The molecule has 0 unspecified atom stereocenters. The predicted molar refractivity (Wildman–Crippen MR) is 51.0 cm³/mol. The molecule has 0 radical (unpaired) electrons. The molecule has 12 heavy (non-hydrogen) atoms. The van der Waals surface area contributed by atoms with Gasteiger partial charge in [-0.05, 0) is 19.8 Å². The third-order valence-electron chi connectivity index (χ3n) is 2.78.